The summed E-state index contributed by atoms with van der Waals surface area (Å²) in [5.41, 5.74) is 2.12. The first-order valence-corrected chi connectivity index (χ1v) is 6.96. The highest BCUT2D eigenvalue weighted by molar-refractivity contribution is 5.90. The number of aliphatic hydroxyl groups is 1. The summed E-state index contributed by atoms with van der Waals surface area (Å²) < 4.78 is 0. The quantitative estimate of drug-likeness (QED) is 0.866. The van der Waals surface area contributed by atoms with Crippen molar-refractivity contribution >= 4 is 11.7 Å². The van der Waals surface area contributed by atoms with E-state index in [1.54, 1.807) is 13.0 Å². The number of benzene rings is 1. The zero-order chi connectivity index (χ0) is 14.7. The predicted molar refractivity (Wildman–Crippen MR) is 78.5 cm³/mol. The molecule has 20 heavy (non-hydrogen) atoms. The normalized spacial score (nSPS) is 18.1. The molecule has 5 nitrogen and oxygen atoms in total. The van der Waals surface area contributed by atoms with Gasteiger partial charge in [0.1, 0.15) is 0 Å². The number of carbonyl (C=O) groups is 1. The summed E-state index contributed by atoms with van der Waals surface area (Å²) in [6.07, 6.45) is -0.306. The zero-order valence-corrected chi connectivity index (χ0v) is 12.0. The Bertz CT molecular complexity index is 480. The van der Waals surface area contributed by atoms with E-state index in [1.165, 1.54) is 0 Å². The first-order chi connectivity index (χ1) is 9.47. The number of nitrogens with zero attached hydrogens (tertiary/aromatic N) is 2. The fourth-order valence-corrected chi connectivity index (χ4v) is 2.60. The van der Waals surface area contributed by atoms with Crippen LogP contribution in [-0.2, 0) is 0 Å². The van der Waals surface area contributed by atoms with Gasteiger partial charge < -0.3 is 15.1 Å². The van der Waals surface area contributed by atoms with Crippen molar-refractivity contribution in [3.8, 4) is 0 Å². The molecule has 0 saturated carbocycles. The molecule has 0 amide bonds. The van der Waals surface area contributed by atoms with Crippen LogP contribution in [0.3, 0.4) is 0 Å². The maximum atomic E-state index is 11.2. The van der Waals surface area contributed by atoms with Gasteiger partial charge in [-0.05, 0) is 31.5 Å². The van der Waals surface area contributed by atoms with Crippen LogP contribution in [0, 0.1) is 6.92 Å². The van der Waals surface area contributed by atoms with Gasteiger partial charge in [0.25, 0.3) is 0 Å². The molecule has 1 aromatic rings. The molecule has 2 rings (SSSR count). The molecule has 1 aliphatic heterocycles. The van der Waals surface area contributed by atoms with Crippen LogP contribution >= 0.6 is 0 Å². The standard InChI is InChI=1S/C15H22N2O3/c1-11-3-4-13(9-14(11)15(19)20)17-7-5-16(6-8-17)10-12(2)18/h3-4,9,12,18H,5-8,10H2,1-2H3,(H,19,20). The molecule has 1 aliphatic rings. The Hall–Kier alpha value is -1.59. The monoisotopic (exact) mass is 278 g/mol. The van der Waals surface area contributed by atoms with Crippen LogP contribution in [0.2, 0.25) is 0 Å². The predicted octanol–water partition coefficient (Wildman–Crippen LogP) is 1.20. The lowest BCUT2D eigenvalue weighted by molar-refractivity contribution is 0.0696. The fraction of sp³-hybridized carbons (Fsp3) is 0.533. The molecule has 0 aliphatic carbocycles. The molecule has 0 bridgehead atoms. The highest BCUT2D eigenvalue weighted by Gasteiger charge is 2.19. The van der Waals surface area contributed by atoms with E-state index in [0.29, 0.717) is 12.1 Å². The van der Waals surface area contributed by atoms with E-state index in [0.717, 1.165) is 37.4 Å². The van der Waals surface area contributed by atoms with Crippen molar-refractivity contribution < 1.29 is 15.0 Å². The first-order valence-electron chi connectivity index (χ1n) is 6.96. The molecule has 1 saturated heterocycles. The summed E-state index contributed by atoms with van der Waals surface area (Å²) in [7, 11) is 0. The molecular weight excluding hydrogens is 256 g/mol. The average molecular weight is 278 g/mol. The van der Waals surface area contributed by atoms with E-state index in [1.807, 2.05) is 19.1 Å². The van der Waals surface area contributed by atoms with Gasteiger partial charge in [0.15, 0.2) is 0 Å². The summed E-state index contributed by atoms with van der Waals surface area (Å²) in [4.78, 5) is 15.6. The number of hydrogen-bond acceptors (Lipinski definition) is 4. The number of hydrogen-bond donors (Lipinski definition) is 2. The van der Waals surface area contributed by atoms with Crippen LogP contribution in [0.4, 0.5) is 5.69 Å². The first kappa shape index (κ1) is 14.8. The van der Waals surface area contributed by atoms with E-state index in [9.17, 15) is 15.0 Å². The maximum Gasteiger partial charge on any atom is 0.336 e. The summed E-state index contributed by atoms with van der Waals surface area (Å²) in [5, 5.41) is 18.6. The van der Waals surface area contributed by atoms with Gasteiger partial charge in [-0.1, -0.05) is 6.07 Å². The lowest BCUT2D eigenvalue weighted by Crippen LogP contribution is -2.48. The maximum absolute atomic E-state index is 11.2. The second-order valence-electron chi connectivity index (χ2n) is 5.44. The summed E-state index contributed by atoms with van der Waals surface area (Å²) in [5.74, 6) is -0.878. The van der Waals surface area contributed by atoms with Crippen molar-refractivity contribution in [1.82, 2.24) is 4.90 Å². The van der Waals surface area contributed by atoms with Crippen molar-refractivity contribution in [1.29, 1.82) is 0 Å². The Morgan fingerprint density at radius 1 is 1.30 bits per heavy atom. The van der Waals surface area contributed by atoms with Gasteiger partial charge in [0.05, 0.1) is 11.7 Å². The van der Waals surface area contributed by atoms with Crippen LogP contribution in [-0.4, -0.2) is 59.9 Å². The number of aryl methyl sites for hydroxylation is 1. The Balaban J connectivity index is 2.03. The minimum absolute atomic E-state index is 0.306. The fourth-order valence-electron chi connectivity index (χ4n) is 2.60. The number of β-amino-alcohol motifs (C(OH)–C–C–N with tert-alkyl or cyclic N) is 1. The topological polar surface area (TPSA) is 64.0 Å². The van der Waals surface area contributed by atoms with Crippen LogP contribution in [0.5, 0.6) is 0 Å². The van der Waals surface area contributed by atoms with Gasteiger partial charge in [0.2, 0.25) is 0 Å². The van der Waals surface area contributed by atoms with Crippen LogP contribution in [0.1, 0.15) is 22.8 Å². The van der Waals surface area contributed by atoms with Gasteiger partial charge in [-0.2, -0.15) is 0 Å². The van der Waals surface area contributed by atoms with Gasteiger partial charge in [-0.15, -0.1) is 0 Å². The van der Waals surface area contributed by atoms with E-state index in [2.05, 4.69) is 9.80 Å². The minimum Gasteiger partial charge on any atom is -0.478 e. The molecule has 110 valence electrons. The van der Waals surface area contributed by atoms with Crippen molar-refractivity contribution in [3.63, 3.8) is 0 Å². The third-order valence-corrected chi connectivity index (χ3v) is 3.71. The molecule has 1 fully saturated rings. The lowest BCUT2D eigenvalue weighted by atomic mass is 10.1. The molecule has 5 heteroatoms. The third-order valence-electron chi connectivity index (χ3n) is 3.71. The molecule has 2 N–H and O–H groups in total. The Morgan fingerprint density at radius 3 is 2.50 bits per heavy atom. The summed E-state index contributed by atoms with van der Waals surface area (Å²) in [6.45, 7) is 7.80. The summed E-state index contributed by atoms with van der Waals surface area (Å²) in [6, 6.07) is 5.59. The number of aliphatic hydroxyl groups excluding tert-OH is 1. The second kappa shape index (κ2) is 6.24. The van der Waals surface area contributed by atoms with Crippen LogP contribution in [0.25, 0.3) is 0 Å². The lowest BCUT2D eigenvalue weighted by Gasteiger charge is -2.36. The van der Waals surface area contributed by atoms with Crippen LogP contribution in [0.15, 0.2) is 18.2 Å². The number of carboxylic acids is 1. The molecular formula is C15H22N2O3. The minimum atomic E-state index is -0.878. The number of aromatic carboxylic acids is 1. The number of rotatable bonds is 4. The summed E-state index contributed by atoms with van der Waals surface area (Å²) >= 11 is 0. The van der Waals surface area contributed by atoms with Gasteiger partial charge in [-0.25, -0.2) is 4.79 Å². The Kier molecular flexibility index (Phi) is 4.62. The van der Waals surface area contributed by atoms with E-state index < -0.39 is 5.97 Å². The smallest absolute Gasteiger partial charge is 0.336 e. The molecule has 1 unspecified atom stereocenters. The average Bonchev–Trinajstić information content (AvgIpc) is 2.39. The highest BCUT2D eigenvalue weighted by atomic mass is 16.4. The SMILES string of the molecule is Cc1ccc(N2CCN(CC(C)O)CC2)cc1C(=O)O. The molecule has 1 aromatic carbocycles. The Morgan fingerprint density at radius 2 is 1.95 bits per heavy atom. The Labute approximate surface area is 119 Å². The zero-order valence-electron chi connectivity index (χ0n) is 12.0. The second-order valence-corrected chi connectivity index (χ2v) is 5.44. The van der Waals surface area contributed by atoms with E-state index in [4.69, 9.17) is 0 Å². The highest BCUT2D eigenvalue weighted by Crippen LogP contribution is 2.21. The van der Waals surface area contributed by atoms with Crippen molar-refractivity contribution in [3.05, 3.63) is 29.3 Å². The molecule has 1 heterocycles. The van der Waals surface area contributed by atoms with Crippen molar-refractivity contribution in [2.45, 2.75) is 20.0 Å². The van der Waals surface area contributed by atoms with Crippen LogP contribution < -0.4 is 4.90 Å². The third kappa shape index (κ3) is 3.49. The van der Waals surface area contributed by atoms with E-state index in [-0.39, 0.29) is 6.10 Å². The number of piperazine rings is 1. The largest absolute Gasteiger partial charge is 0.478 e. The van der Waals surface area contributed by atoms with Gasteiger partial charge in [-0.3, -0.25) is 4.90 Å². The molecule has 1 atom stereocenters. The van der Waals surface area contributed by atoms with Gasteiger partial charge >= 0.3 is 5.97 Å². The van der Waals surface area contributed by atoms with Crippen molar-refractivity contribution in [2.24, 2.45) is 0 Å². The van der Waals surface area contributed by atoms with Gasteiger partial charge in [0, 0.05) is 38.4 Å². The molecule has 0 radical (unpaired) electrons. The number of carboxylic acid groups (broad SMARTS) is 1. The van der Waals surface area contributed by atoms with Crippen molar-refractivity contribution in [2.75, 3.05) is 37.6 Å². The molecule has 0 spiro atoms. The number of anilines is 1. The van der Waals surface area contributed by atoms with E-state index >= 15 is 0 Å². The molecule has 0 aromatic heterocycles.